The predicted molar refractivity (Wildman–Crippen MR) is 352 cm³/mol. The number of carbonyl (C=O) groups excluding carboxylic acids is 2. The predicted octanol–water partition coefficient (Wildman–Crippen LogP) is 25.0. The number of esters is 2. The Morgan fingerprint density at radius 1 is 0.494 bits per heavy atom. The van der Waals surface area contributed by atoms with Gasteiger partial charge >= 0.3 is 11.9 Å². The standard InChI is InChI=1S/C77H138O4/c1-7-8-9-10-11-12-13-33-36-39-42-45-48-54-74(78)80-64-50-47-44-41-38-35-32-30-28-26-24-22-20-18-16-14-15-17-19-21-23-25-27-29-31-34-37-40-43-46-49-55-75(79)81-69-60-62-76(5)68(65-69)56-57-70-72-59-58-71(67(4)53-51-52-66(2)3)77(72,6)63-61-73(70)76/h12-13,28,30,56,66-67,69-73H,7-11,14-27,29,31-55,57-65H2,1-6H3/b13-12-,30-28-/t67-,69+,70+,71-,72+,73+,76+,77-/m1/s1. The zero-order valence-corrected chi connectivity index (χ0v) is 55.2. The molecule has 0 spiro atoms. The van der Waals surface area contributed by atoms with Crippen LogP contribution in [0.3, 0.4) is 0 Å². The first-order chi connectivity index (χ1) is 39.6. The first-order valence-corrected chi connectivity index (χ1v) is 36.9. The summed E-state index contributed by atoms with van der Waals surface area (Å²) >= 11 is 0. The molecule has 3 saturated carbocycles. The van der Waals surface area contributed by atoms with E-state index in [0.717, 1.165) is 74.0 Å². The second-order valence-corrected chi connectivity index (χ2v) is 28.8. The topological polar surface area (TPSA) is 52.6 Å². The minimum atomic E-state index is 0.00924. The molecule has 4 rings (SSSR count). The number of hydrogen-bond donors (Lipinski definition) is 0. The third kappa shape index (κ3) is 30.4. The zero-order valence-electron chi connectivity index (χ0n) is 55.2. The summed E-state index contributed by atoms with van der Waals surface area (Å²) in [6.45, 7) is 15.6. The zero-order chi connectivity index (χ0) is 57.9. The Bertz CT molecular complexity index is 1640. The lowest BCUT2D eigenvalue weighted by Crippen LogP contribution is -2.51. The van der Waals surface area contributed by atoms with Crippen molar-refractivity contribution in [3.63, 3.8) is 0 Å². The highest BCUT2D eigenvalue weighted by Crippen LogP contribution is 2.67. The van der Waals surface area contributed by atoms with E-state index in [4.69, 9.17) is 9.47 Å². The van der Waals surface area contributed by atoms with E-state index in [2.05, 4.69) is 71.9 Å². The van der Waals surface area contributed by atoms with Crippen molar-refractivity contribution >= 4 is 11.9 Å². The van der Waals surface area contributed by atoms with E-state index >= 15 is 0 Å². The van der Waals surface area contributed by atoms with Crippen LogP contribution in [0, 0.1) is 46.3 Å². The number of carbonyl (C=O) groups is 2. The monoisotopic (exact) mass is 1130 g/mol. The maximum absolute atomic E-state index is 13.0. The van der Waals surface area contributed by atoms with Crippen LogP contribution in [-0.2, 0) is 19.1 Å². The molecule has 0 N–H and O–H groups in total. The van der Waals surface area contributed by atoms with Crippen molar-refractivity contribution in [2.45, 2.75) is 388 Å². The molecule has 0 radical (unpaired) electrons. The summed E-state index contributed by atoms with van der Waals surface area (Å²) in [6, 6.07) is 0. The van der Waals surface area contributed by atoms with Gasteiger partial charge in [-0.25, -0.2) is 0 Å². The lowest BCUT2D eigenvalue weighted by molar-refractivity contribution is -0.151. The van der Waals surface area contributed by atoms with Gasteiger partial charge in [0.05, 0.1) is 6.61 Å². The quantitative estimate of drug-likeness (QED) is 0.0346. The number of allylic oxidation sites excluding steroid dienone is 5. The lowest BCUT2D eigenvalue weighted by atomic mass is 9.47. The fourth-order valence-corrected chi connectivity index (χ4v) is 16.4. The summed E-state index contributed by atoms with van der Waals surface area (Å²) < 4.78 is 11.7. The number of unbranched alkanes of at least 4 members (excludes halogenated alkanes) is 36. The van der Waals surface area contributed by atoms with Gasteiger partial charge < -0.3 is 9.47 Å². The molecule has 4 nitrogen and oxygen atoms in total. The molecule has 4 aliphatic carbocycles. The van der Waals surface area contributed by atoms with Crippen LogP contribution in [-0.4, -0.2) is 24.6 Å². The van der Waals surface area contributed by atoms with Crippen LogP contribution in [0.1, 0.15) is 382 Å². The SMILES string of the molecule is CCCCCC/C=C\CCCCCCCC(=O)OCCCCCCCC/C=C\CCCCCCCCCCCCCCCCCCCCCCCC(=O)O[C@H]1CC[C@@]2(C)C(=CC[C@H]3[C@@H]4CC[C@H]([C@H](C)CCCC(C)C)[C@@]4(C)CC[C@@H]32)C1. The highest BCUT2D eigenvalue weighted by atomic mass is 16.5. The van der Waals surface area contributed by atoms with Gasteiger partial charge in [0.25, 0.3) is 0 Å². The van der Waals surface area contributed by atoms with Crippen LogP contribution in [0.15, 0.2) is 36.0 Å². The molecule has 3 fully saturated rings. The second-order valence-electron chi connectivity index (χ2n) is 28.8. The number of hydrogen-bond acceptors (Lipinski definition) is 4. The van der Waals surface area contributed by atoms with Gasteiger partial charge in [-0.05, 0) is 162 Å². The Morgan fingerprint density at radius 2 is 0.938 bits per heavy atom. The van der Waals surface area contributed by atoms with Crippen molar-refractivity contribution in [2.24, 2.45) is 46.3 Å². The average Bonchev–Trinajstić information content (AvgIpc) is 2.50. The molecular formula is C77H138O4. The Hall–Kier alpha value is -1.84. The third-order valence-electron chi connectivity index (χ3n) is 21.6. The molecule has 0 aromatic heterocycles. The van der Waals surface area contributed by atoms with Crippen molar-refractivity contribution < 1.29 is 19.1 Å². The highest BCUT2D eigenvalue weighted by molar-refractivity contribution is 5.69. The van der Waals surface area contributed by atoms with Gasteiger partial charge in [0.15, 0.2) is 0 Å². The van der Waals surface area contributed by atoms with E-state index in [9.17, 15) is 9.59 Å². The van der Waals surface area contributed by atoms with Gasteiger partial charge in [0.2, 0.25) is 0 Å². The molecule has 4 aliphatic rings. The lowest BCUT2D eigenvalue weighted by Gasteiger charge is -2.58. The number of ether oxygens (including phenoxy) is 2. The molecule has 0 heterocycles. The van der Waals surface area contributed by atoms with Crippen molar-refractivity contribution in [3.8, 4) is 0 Å². The molecule has 8 atom stereocenters. The van der Waals surface area contributed by atoms with Crippen LogP contribution in [0.5, 0.6) is 0 Å². The first kappa shape index (κ1) is 71.6. The Balaban J connectivity index is 0.810. The van der Waals surface area contributed by atoms with Crippen molar-refractivity contribution in [1.82, 2.24) is 0 Å². The molecule has 470 valence electrons. The minimum Gasteiger partial charge on any atom is -0.466 e. The molecule has 0 saturated heterocycles. The van der Waals surface area contributed by atoms with Crippen molar-refractivity contribution in [1.29, 1.82) is 0 Å². The van der Waals surface area contributed by atoms with Gasteiger partial charge in [-0.1, -0.05) is 283 Å². The van der Waals surface area contributed by atoms with Crippen molar-refractivity contribution in [2.75, 3.05) is 6.61 Å². The average molecular weight is 1130 g/mol. The Morgan fingerprint density at radius 3 is 1.42 bits per heavy atom. The molecule has 0 aromatic rings. The van der Waals surface area contributed by atoms with Gasteiger partial charge in [0.1, 0.15) is 6.10 Å². The molecule has 0 bridgehead atoms. The van der Waals surface area contributed by atoms with E-state index in [-0.39, 0.29) is 18.0 Å². The second kappa shape index (κ2) is 45.5. The first-order valence-electron chi connectivity index (χ1n) is 36.9. The Labute approximate surface area is 505 Å². The van der Waals surface area contributed by atoms with E-state index in [0.29, 0.717) is 30.3 Å². The van der Waals surface area contributed by atoms with Crippen LogP contribution in [0.4, 0.5) is 0 Å². The van der Waals surface area contributed by atoms with E-state index in [1.165, 1.54) is 289 Å². The Kier molecular flexibility index (Phi) is 40.2. The van der Waals surface area contributed by atoms with Crippen LogP contribution < -0.4 is 0 Å². The maximum Gasteiger partial charge on any atom is 0.306 e. The molecule has 0 amide bonds. The van der Waals surface area contributed by atoms with Crippen LogP contribution in [0.2, 0.25) is 0 Å². The van der Waals surface area contributed by atoms with Gasteiger partial charge in [-0.15, -0.1) is 0 Å². The van der Waals surface area contributed by atoms with Crippen molar-refractivity contribution in [3.05, 3.63) is 36.0 Å². The number of fused-ring (bicyclic) bond motifs is 5. The molecule has 0 aliphatic heterocycles. The summed E-state index contributed by atoms with van der Waals surface area (Å²) in [6.07, 6.45) is 80.7. The third-order valence-corrected chi connectivity index (χ3v) is 21.6. The fraction of sp³-hybridized carbons (Fsp3) is 0.896. The smallest absolute Gasteiger partial charge is 0.306 e. The summed E-state index contributed by atoms with van der Waals surface area (Å²) in [7, 11) is 0. The summed E-state index contributed by atoms with van der Waals surface area (Å²) in [5.41, 5.74) is 2.52. The summed E-state index contributed by atoms with van der Waals surface area (Å²) in [5, 5.41) is 0. The van der Waals surface area contributed by atoms with Gasteiger partial charge in [0, 0.05) is 19.3 Å². The molecule has 0 aromatic carbocycles. The fourth-order valence-electron chi connectivity index (χ4n) is 16.4. The minimum absolute atomic E-state index is 0.00924. The van der Waals surface area contributed by atoms with Crippen LogP contribution >= 0.6 is 0 Å². The largest absolute Gasteiger partial charge is 0.466 e. The molecular weight excluding hydrogens is 989 g/mol. The van der Waals surface area contributed by atoms with Gasteiger partial charge in [-0.3, -0.25) is 9.59 Å². The molecule has 0 unspecified atom stereocenters. The van der Waals surface area contributed by atoms with E-state index in [1.807, 2.05) is 0 Å². The van der Waals surface area contributed by atoms with E-state index < -0.39 is 0 Å². The normalized spacial score (nSPS) is 23.9. The maximum atomic E-state index is 13.0. The number of rotatable bonds is 52. The van der Waals surface area contributed by atoms with Gasteiger partial charge in [-0.2, -0.15) is 0 Å². The van der Waals surface area contributed by atoms with Crippen LogP contribution in [0.25, 0.3) is 0 Å². The molecule has 4 heteroatoms. The van der Waals surface area contributed by atoms with E-state index in [1.54, 1.807) is 5.57 Å². The summed E-state index contributed by atoms with van der Waals surface area (Å²) in [5.74, 6) is 5.31. The highest BCUT2D eigenvalue weighted by Gasteiger charge is 2.59. The molecule has 81 heavy (non-hydrogen) atoms. The summed E-state index contributed by atoms with van der Waals surface area (Å²) in [4.78, 5) is 25.0.